The fraction of sp³-hybridized carbons (Fsp3) is 0.417. The number of nitrogens with one attached hydrogen (secondary N) is 1. The summed E-state index contributed by atoms with van der Waals surface area (Å²) in [5, 5.41) is 2.43. The van der Waals surface area contributed by atoms with Gasteiger partial charge in [-0.15, -0.1) is 0 Å². The predicted molar refractivity (Wildman–Crippen MR) is 74.4 cm³/mol. The molecule has 1 aromatic rings. The number of carbonyl (C=O) groups is 1. The zero-order valence-electron chi connectivity index (χ0n) is 11.4. The molecule has 0 saturated heterocycles. The molecular formula is C12H15ClFNO5S. The molecule has 0 saturated carbocycles. The van der Waals surface area contributed by atoms with Gasteiger partial charge in [-0.25, -0.2) is 12.8 Å². The molecule has 0 aliphatic carbocycles. The maximum absolute atomic E-state index is 13.6. The number of hydrogen-bond donors (Lipinski definition) is 1. The van der Waals surface area contributed by atoms with Crippen molar-refractivity contribution in [3.8, 4) is 0 Å². The molecular weight excluding hydrogens is 325 g/mol. The van der Waals surface area contributed by atoms with Crippen LogP contribution in [0.25, 0.3) is 0 Å². The van der Waals surface area contributed by atoms with Gasteiger partial charge in [0.2, 0.25) is 0 Å². The van der Waals surface area contributed by atoms with E-state index < -0.39 is 32.4 Å². The summed E-state index contributed by atoms with van der Waals surface area (Å²) in [7, 11) is 4.04. The van der Waals surface area contributed by atoms with Crippen LogP contribution in [0.5, 0.6) is 0 Å². The summed E-state index contributed by atoms with van der Waals surface area (Å²) in [6.07, 6.45) is -0.401. The third-order valence-electron chi connectivity index (χ3n) is 2.64. The van der Waals surface area contributed by atoms with Crippen LogP contribution >= 0.6 is 10.7 Å². The maximum Gasteiger partial charge on any atom is 0.261 e. The van der Waals surface area contributed by atoms with Crippen molar-refractivity contribution in [3.63, 3.8) is 0 Å². The minimum absolute atomic E-state index is 0.0838. The summed E-state index contributed by atoms with van der Waals surface area (Å²) in [5.41, 5.74) is -0.413. The minimum Gasteiger partial charge on any atom is -0.382 e. The zero-order valence-corrected chi connectivity index (χ0v) is 13.0. The second-order valence-corrected chi connectivity index (χ2v) is 6.67. The molecule has 9 heteroatoms. The summed E-state index contributed by atoms with van der Waals surface area (Å²) in [6.45, 7) is 0.329. The quantitative estimate of drug-likeness (QED) is 0.753. The molecule has 0 aromatic heterocycles. The van der Waals surface area contributed by atoms with Gasteiger partial charge >= 0.3 is 0 Å². The van der Waals surface area contributed by atoms with Gasteiger partial charge in [0.15, 0.2) is 0 Å². The fourth-order valence-corrected chi connectivity index (χ4v) is 2.31. The van der Waals surface area contributed by atoms with E-state index in [0.29, 0.717) is 0 Å². The standard InChI is InChI=1S/C12H15ClFNO5S/c1-19-7-8(20-2)6-15-12(16)10-5-9(21(13,17)18)3-4-11(10)14/h3-5,8H,6-7H2,1-2H3,(H,15,16). The maximum atomic E-state index is 13.6. The Balaban J connectivity index is 2.87. The van der Waals surface area contributed by atoms with E-state index in [2.05, 4.69) is 5.32 Å². The molecule has 1 rings (SSSR count). The van der Waals surface area contributed by atoms with Crippen LogP contribution < -0.4 is 5.32 Å². The molecule has 1 unspecified atom stereocenters. The molecule has 0 fully saturated rings. The van der Waals surface area contributed by atoms with E-state index >= 15 is 0 Å². The molecule has 1 amide bonds. The van der Waals surface area contributed by atoms with E-state index in [1.165, 1.54) is 14.2 Å². The third-order valence-corrected chi connectivity index (χ3v) is 3.99. The van der Waals surface area contributed by atoms with Crippen LogP contribution in [-0.4, -0.2) is 47.8 Å². The Bertz CT molecular complexity index is 608. The second-order valence-electron chi connectivity index (χ2n) is 4.10. The molecule has 0 bridgehead atoms. The van der Waals surface area contributed by atoms with Crippen molar-refractivity contribution in [1.82, 2.24) is 5.32 Å². The van der Waals surface area contributed by atoms with Crippen molar-refractivity contribution in [2.45, 2.75) is 11.0 Å². The Morgan fingerprint density at radius 1 is 1.43 bits per heavy atom. The van der Waals surface area contributed by atoms with Gasteiger partial charge in [0.05, 0.1) is 23.2 Å². The number of rotatable bonds is 7. The number of halogens is 2. The molecule has 0 radical (unpaired) electrons. The van der Waals surface area contributed by atoms with Gasteiger partial charge in [0.1, 0.15) is 5.82 Å². The molecule has 0 spiro atoms. The van der Waals surface area contributed by atoms with Crippen LogP contribution in [0, 0.1) is 5.82 Å². The highest BCUT2D eigenvalue weighted by molar-refractivity contribution is 8.13. The van der Waals surface area contributed by atoms with E-state index in [9.17, 15) is 17.6 Å². The Kier molecular flexibility index (Phi) is 6.53. The summed E-state index contributed by atoms with van der Waals surface area (Å²) in [5.74, 6) is -1.62. The molecule has 0 aliphatic rings. The summed E-state index contributed by atoms with van der Waals surface area (Å²) in [6, 6.07) is 2.73. The number of carbonyl (C=O) groups excluding carboxylic acids is 1. The lowest BCUT2D eigenvalue weighted by atomic mass is 10.2. The Morgan fingerprint density at radius 2 is 2.10 bits per heavy atom. The van der Waals surface area contributed by atoms with Crippen molar-refractivity contribution < 1.29 is 27.1 Å². The van der Waals surface area contributed by atoms with Crippen LogP contribution in [0.3, 0.4) is 0 Å². The molecule has 21 heavy (non-hydrogen) atoms. The van der Waals surface area contributed by atoms with Crippen molar-refractivity contribution in [3.05, 3.63) is 29.6 Å². The van der Waals surface area contributed by atoms with Crippen LogP contribution in [0.4, 0.5) is 4.39 Å². The van der Waals surface area contributed by atoms with Crippen molar-refractivity contribution >= 4 is 25.6 Å². The molecule has 0 heterocycles. The number of amides is 1. The van der Waals surface area contributed by atoms with Crippen molar-refractivity contribution in [2.75, 3.05) is 27.4 Å². The minimum atomic E-state index is -4.04. The van der Waals surface area contributed by atoms with Gasteiger partial charge in [-0.05, 0) is 18.2 Å². The highest BCUT2D eigenvalue weighted by Gasteiger charge is 2.18. The lowest BCUT2D eigenvalue weighted by Gasteiger charge is -2.15. The van der Waals surface area contributed by atoms with Crippen LogP contribution in [0.15, 0.2) is 23.1 Å². The number of ether oxygens (including phenoxy) is 2. The molecule has 1 N–H and O–H groups in total. The van der Waals surface area contributed by atoms with Crippen LogP contribution in [0.1, 0.15) is 10.4 Å². The average Bonchev–Trinajstić information content (AvgIpc) is 2.42. The average molecular weight is 340 g/mol. The van der Waals surface area contributed by atoms with Crippen molar-refractivity contribution in [1.29, 1.82) is 0 Å². The summed E-state index contributed by atoms with van der Waals surface area (Å²) < 4.78 is 45.9. The first-order valence-electron chi connectivity index (χ1n) is 5.83. The molecule has 6 nitrogen and oxygen atoms in total. The first-order valence-corrected chi connectivity index (χ1v) is 8.14. The Morgan fingerprint density at radius 3 is 2.62 bits per heavy atom. The highest BCUT2D eigenvalue weighted by atomic mass is 35.7. The normalized spacial score (nSPS) is 13.0. The molecule has 1 aromatic carbocycles. The number of hydrogen-bond acceptors (Lipinski definition) is 5. The van der Waals surface area contributed by atoms with Crippen LogP contribution in [0.2, 0.25) is 0 Å². The van der Waals surface area contributed by atoms with E-state index in [1.54, 1.807) is 0 Å². The monoisotopic (exact) mass is 339 g/mol. The fourth-order valence-electron chi connectivity index (χ4n) is 1.53. The van der Waals surface area contributed by atoms with Gasteiger partial charge in [0.25, 0.3) is 15.0 Å². The number of benzene rings is 1. The lowest BCUT2D eigenvalue weighted by molar-refractivity contribution is 0.0285. The predicted octanol–water partition coefficient (Wildman–Crippen LogP) is 1.14. The van der Waals surface area contributed by atoms with E-state index in [4.69, 9.17) is 20.2 Å². The molecule has 118 valence electrons. The SMILES string of the molecule is COCC(CNC(=O)c1cc(S(=O)(=O)Cl)ccc1F)OC. The summed E-state index contributed by atoms with van der Waals surface area (Å²) >= 11 is 0. The highest BCUT2D eigenvalue weighted by Crippen LogP contribution is 2.18. The zero-order chi connectivity index (χ0) is 16.0. The van der Waals surface area contributed by atoms with Crippen LogP contribution in [-0.2, 0) is 18.5 Å². The van der Waals surface area contributed by atoms with Gasteiger partial charge in [-0.1, -0.05) is 0 Å². The number of methoxy groups -OCH3 is 2. The topological polar surface area (TPSA) is 81.7 Å². The Labute approximate surface area is 126 Å². The first kappa shape index (κ1) is 17.8. The largest absolute Gasteiger partial charge is 0.382 e. The second kappa shape index (κ2) is 7.69. The third kappa shape index (κ3) is 5.24. The molecule has 1 atom stereocenters. The first-order chi connectivity index (χ1) is 9.79. The van der Waals surface area contributed by atoms with Gasteiger partial charge in [-0.3, -0.25) is 4.79 Å². The smallest absolute Gasteiger partial charge is 0.261 e. The van der Waals surface area contributed by atoms with Gasteiger partial charge in [0, 0.05) is 31.4 Å². The van der Waals surface area contributed by atoms with Gasteiger partial charge < -0.3 is 14.8 Å². The van der Waals surface area contributed by atoms with E-state index in [1.807, 2.05) is 0 Å². The van der Waals surface area contributed by atoms with E-state index in [0.717, 1.165) is 18.2 Å². The van der Waals surface area contributed by atoms with Gasteiger partial charge in [-0.2, -0.15) is 0 Å². The van der Waals surface area contributed by atoms with E-state index in [-0.39, 0.29) is 18.0 Å². The van der Waals surface area contributed by atoms with Crippen molar-refractivity contribution in [2.24, 2.45) is 0 Å². The summed E-state index contributed by atoms with van der Waals surface area (Å²) in [4.78, 5) is 11.5. The Hall–Kier alpha value is -1.22. The lowest BCUT2D eigenvalue weighted by Crippen LogP contribution is -2.36. The molecule has 0 aliphatic heterocycles.